The minimum Gasteiger partial charge on any atom is -0.481 e. The third-order valence-corrected chi connectivity index (χ3v) is 7.50. The molecule has 0 spiro atoms. The molecule has 0 radical (unpaired) electrons. The van der Waals surface area contributed by atoms with Crippen molar-refractivity contribution in [3.63, 3.8) is 0 Å². The van der Waals surface area contributed by atoms with E-state index in [0.29, 0.717) is 24.6 Å². The highest BCUT2D eigenvalue weighted by Gasteiger charge is 2.38. The van der Waals surface area contributed by atoms with Gasteiger partial charge in [-0.25, -0.2) is 13.2 Å². The molecule has 3 aromatic rings. The number of benzene rings is 2. The van der Waals surface area contributed by atoms with Gasteiger partial charge in [-0.05, 0) is 105 Å². The minimum atomic E-state index is -5.22. The van der Waals surface area contributed by atoms with Crippen LogP contribution >= 0.6 is 0 Å². The zero-order valence-electron chi connectivity index (χ0n) is 26.4. The summed E-state index contributed by atoms with van der Waals surface area (Å²) in [6, 6.07) is 1.54. The smallest absolute Gasteiger partial charge is 0.419 e. The Morgan fingerprint density at radius 3 is 2.13 bits per heavy atom. The number of rotatable bonds is 12. The number of carboxylic acids is 1. The van der Waals surface area contributed by atoms with E-state index in [1.54, 1.807) is 27.9 Å². The number of carboxylic acid groups (broad SMARTS) is 1. The molecule has 2 atom stereocenters. The van der Waals surface area contributed by atoms with Gasteiger partial charge in [-0.15, -0.1) is 0 Å². The summed E-state index contributed by atoms with van der Waals surface area (Å²) in [5.74, 6) is -6.39. The number of nitrogens with zero attached hydrogens (tertiary/aromatic N) is 2. The van der Waals surface area contributed by atoms with Crippen LogP contribution < -0.4 is 10.9 Å². The van der Waals surface area contributed by atoms with Gasteiger partial charge in [-0.2, -0.15) is 13.2 Å². The number of hydrogen-bond acceptors (Lipinski definition) is 4. The Bertz CT molecular complexity index is 1640. The maximum Gasteiger partial charge on any atom is 0.419 e. The minimum absolute atomic E-state index is 0.0353. The first kappa shape index (κ1) is 36.3. The number of amides is 1. The number of aromatic nitrogens is 1. The molecule has 0 aliphatic rings. The molecule has 0 saturated carbocycles. The molecule has 250 valence electrons. The van der Waals surface area contributed by atoms with Gasteiger partial charge in [0.15, 0.2) is 5.82 Å². The van der Waals surface area contributed by atoms with Crippen LogP contribution in [0.15, 0.2) is 41.3 Å². The topological polar surface area (TPSA) is 91.6 Å². The van der Waals surface area contributed by atoms with Crippen LogP contribution in [-0.2, 0) is 22.2 Å². The molecule has 7 nitrogen and oxygen atoms in total. The van der Waals surface area contributed by atoms with Crippen molar-refractivity contribution in [3.05, 3.63) is 92.2 Å². The fraction of sp³-hybridized carbons (Fsp3) is 0.424. The quantitative estimate of drug-likeness (QED) is 0.215. The lowest BCUT2D eigenvalue weighted by Crippen LogP contribution is -2.41. The van der Waals surface area contributed by atoms with Crippen molar-refractivity contribution in [1.82, 2.24) is 14.8 Å². The summed E-state index contributed by atoms with van der Waals surface area (Å²) < 4.78 is 87.8. The number of carbonyl (C=O) groups is 2. The van der Waals surface area contributed by atoms with Crippen molar-refractivity contribution >= 4 is 11.9 Å². The SMILES string of the molecule is Cc1cc(F)cc(C)c1-c1cc([C@H](CC(=O)O)NC(=O)C(CC(C)C)n2cc(CCN(C)C)cc(F)c2=O)c(F)c(C(F)(F)F)c1. The largest absolute Gasteiger partial charge is 0.481 e. The number of likely N-dealkylation sites (N-methyl/N-ethyl adjacent to an activating group) is 1. The van der Waals surface area contributed by atoms with Crippen LogP contribution in [0, 0.1) is 37.2 Å². The maximum absolute atomic E-state index is 15.7. The van der Waals surface area contributed by atoms with Crippen molar-refractivity contribution < 1.29 is 41.0 Å². The summed E-state index contributed by atoms with van der Waals surface area (Å²) >= 11 is 0. The predicted octanol–water partition coefficient (Wildman–Crippen LogP) is 6.59. The number of hydrogen-bond donors (Lipinski definition) is 2. The third kappa shape index (κ3) is 8.77. The Kier molecular flexibility index (Phi) is 11.5. The average Bonchev–Trinajstić information content (AvgIpc) is 2.91. The molecule has 0 bridgehead atoms. The highest BCUT2D eigenvalue weighted by molar-refractivity contribution is 5.82. The van der Waals surface area contributed by atoms with E-state index in [9.17, 15) is 41.4 Å². The van der Waals surface area contributed by atoms with E-state index in [1.807, 2.05) is 4.90 Å². The standard InChI is InChI=1S/C33H37F6N3O4/c1-17(2)9-27(42-16-20(7-8-41(5)6)12-25(35)32(42)46)31(45)40-26(15-28(43)44)23-13-21(14-24(30(23)36)33(37,38)39)29-18(3)10-22(34)11-19(29)4/h10-14,16-17,26-27H,7-9,15H2,1-6H3,(H,40,45)(H,43,44)/t26-,27?/m0/s1. The molecule has 1 unspecified atom stereocenters. The lowest BCUT2D eigenvalue weighted by Gasteiger charge is -2.27. The van der Waals surface area contributed by atoms with E-state index in [4.69, 9.17) is 0 Å². The van der Waals surface area contributed by atoms with Crippen LogP contribution in [0.4, 0.5) is 26.3 Å². The second-order valence-corrected chi connectivity index (χ2v) is 12.1. The molecule has 3 rings (SSSR count). The summed E-state index contributed by atoms with van der Waals surface area (Å²) in [5.41, 5.74) is -2.73. The first-order valence-electron chi connectivity index (χ1n) is 14.5. The number of aliphatic carboxylic acids is 1. The van der Waals surface area contributed by atoms with E-state index in [1.165, 1.54) is 20.0 Å². The van der Waals surface area contributed by atoms with Gasteiger partial charge in [0.25, 0.3) is 5.56 Å². The van der Waals surface area contributed by atoms with Crippen molar-refractivity contribution in [2.75, 3.05) is 20.6 Å². The second-order valence-electron chi connectivity index (χ2n) is 12.1. The molecule has 2 N–H and O–H groups in total. The van der Waals surface area contributed by atoms with E-state index >= 15 is 4.39 Å². The summed E-state index contributed by atoms with van der Waals surface area (Å²) in [6.45, 7) is 6.84. The number of pyridine rings is 1. The molecule has 0 aliphatic heterocycles. The van der Waals surface area contributed by atoms with E-state index in [0.717, 1.165) is 28.8 Å². The van der Waals surface area contributed by atoms with Crippen LogP contribution in [0.1, 0.15) is 66.6 Å². The molecule has 1 heterocycles. The van der Waals surface area contributed by atoms with Gasteiger partial charge in [0.1, 0.15) is 17.7 Å². The third-order valence-electron chi connectivity index (χ3n) is 7.50. The van der Waals surface area contributed by atoms with Gasteiger partial charge in [-0.3, -0.25) is 14.4 Å². The molecule has 2 aromatic carbocycles. The Morgan fingerprint density at radius 1 is 1.00 bits per heavy atom. The molecule has 13 heteroatoms. The Hall–Kier alpha value is -4.13. The molecular formula is C33H37F6N3O4. The first-order chi connectivity index (χ1) is 21.3. The van der Waals surface area contributed by atoms with Gasteiger partial charge in [0.05, 0.1) is 18.0 Å². The molecule has 46 heavy (non-hydrogen) atoms. The van der Waals surface area contributed by atoms with Gasteiger partial charge >= 0.3 is 12.1 Å². The van der Waals surface area contributed by atoms with E-state index in [-0.39, 0.29) is 34.6 Å². The molecule has 1 aromatic heterocycles. The van der Waals surface area contributed by atoms with Crippen LogP contribution in [0.3, 0.4) is 0 Å². The number of aryl methyl sites for hydroxylation is 2. The van der Waals surface area contributed by atoms with Crippen molar-refractivity contribution in [2.24, 2.45) is 5.92 Å². The fourth-order valence-electron chi connectivity index (χ4n) is 5.44. The molecule has 0 aliphatic carbocycles. The summed E-state index contributed by atoms with van der Waals surface area (Å²) in [5, 5.41) is 12.0. The van der Waals surface area contributed by atoms with Crippen molar-refractivity contribution in [1.29, 1.82) is 0 Å². The number of halogens is 6. The average molecular weight is 654 g/mol. The highest BCUT2D eigenvalue weighted by atomic mass is 19.4. The van der Waals surface area contributed by atoms with Crippen LogP contribution in [0.2, 0.25) is 0 Å². The van der Waals surface area contributed by atoms with E-state index in [2.05, 4.69) is 5.32 Å². The molecule has 1 amide bonds. The summed E-state index contributed by atoms with van der Waals surface area (Å²) in [4.78, 5) is 40.4. The number of carbonyl (C=O) groups excluding carboxylic acids is 1. The summed E-state index contributed by atoms with van der Waals surface area (Å²) in [7, 11) is 3.59. The number of nitrogens with one attached hydrogen (secondary N) is 1. The van der Waals surface area contributed by atoms with Gasteiger partial charge in [0.2, 0.25) is 5.91 Å². The van der Waals surface area contributed by atoms with Crippen LogP contribution in [0.5, 0.6) is 0 Å². The Labute approximate surface area is 262 Å². The Balaban J connectivity index is 2.21. The van der Waals surface area contributed by atoms with Gasteiger partial charge in [0, 0.05) is 18.3 Å². The Morgan fingerprint density at radius 2 is 1.61 bits per heavy atom. The van der Waals surface area contributed by atoms with Crippen molar-refractivity contribution in [3.8, 4) is 11.1 Å². The van der Waals surface area contributed by atoms with E-state index < -0.39 is 70.7 Å². The van der Waals surface area contributed by atoms with Crippen molar-refractivity contribution in [2.45, 2.75) is 65.2 Å². The molecular weight excluding hydrogens is 616 g/mol. The lowest BCUT2D eigenvalue weighted by molar-refractivity contribution is -0.140. The zero-order valence-corrected chi connectivity index (χ0v) is 26.4. The molecule has 0 fully saturated rings. The lowest BCUT2D eigenvalue weighted by atomic mass is 9.89. The maximum atomic E-state index is 15.7. The first-order valence-corrected chi connectivity index (χ1v) is 14.5. The normalized spacial score (nSPS) is 13.3. The molecule has 0 saturated heterocycles. The highest BCUT2D eigenvalue weighted by Crippen LogP contribution is 2.40. The van der Waals surface area contributed by atoms with Crippen LogP contribution in [-0.4, -0.2) is 47.1 Å². The number of alkyl halides is 3. The van der Waals surface area contributed by atoms with Gasteiger partial charge < -0.3 is 19.9 Å². The summed E-state index contributed by atoms with van der Waals surface area (Å²) in [6.07, 6.45) is -4.64. The van der Waals surface area contributed by atoms with Gasteiger partial charge in [-0.1, -0.05) is 13.8 Å². The monoisotopic (exact) mass is 653 g/mol. The predicted molar refractivity (Wildman–Crippen MR) is 161 cm³/mol. The zero-order chi connectivity index (χ0) is 34.7. The van der Waals surface area contributed by atoms with Crippen LogP contribution in [0.25, 0.3) is 11.1 Å². The second kappa shape index (κ2) is 14.5. The fourth-order valence-corrected chi connectivity index (χ4v) is 5.44.